The van der Waals surface area contributed by atoms with E-state index in [0.717, 1.165) is 37.0 Å². The van der Waals surface area contributed by atoms with Crippen LogP contribution in [0, 0.1) is 0 Å². The summed E-state index contributed by atoms with van der Waals surface area (Å²) >= 11 is 0. The Kier molecular flexibility index (Phi) is 3.92. The van der Waals surface area contributed by atoms with E-state index >= 15 is 0 Å². The summed E-state index contributed by atoms with van der Waals surface area (Å²) in [6.07, 6.45) is 2.15. The smallest absolute Gasteiger partial charge is 0.315 e. The van der Waals surface area contributed by atoms with Crippen molar-refractivity contribution >= 4 is 17.1 Å². The summed E-state index contributed by atoms with van der Waals surface area (Å²) < 4.78 is 10.6. The molecule has 2 heterocycles. The van der Waals surface area contributed by atoms with Crippen LogP contribution < -0.4 is 0 Å². The summed E-state index contributed by atoms with van der Waals surface area (Å²) in [5.41, 5.74) is 4.25. The van der Waals surface area contributed by atoms with Crippen molar-refractivity contribution in [1.29, 1.82) is 0 Å². The molecule has 1 aromatic carbocycles. The van der Waals surface area contributed by atoms with Crippen LogP contribution in [-0.4, -0.2) is 42.6 Å². The number of aromatic nitrogens is 1. The second-order valence-electron chi connectivity index (χ2n) is 5.48. The zero-order valence-corrected chi connectivity index (χ0v) is 12.5. The van der Waals surface area contributed by atoms with Crippen LogP contribution in [-0.2, 0) is 28.8 Å². The van der Waals surface area contributed by atoms with Crippen molar-refractivity contribution in [3.05, 3.63) is 29.2 Å². The number of likely N-dealkylation sites (N-methyl/N-ethyl adjacent to an activating group) is 1. The van der Waals surface area contributed by atoms with Gasteiger partial charge in [0.15, 0.2) is 5.58 Å². The first kappa shape index (κ1) is 14.1. The summed E-state index contributed by atoms with van der Waals surface area (Å²) in [6.45, 7) is 4.28. The van der Waals surface area contributed by atoms with E-state index in [2.05, 4.69) is 29.1 Å². The molecule has 21 heavy (non-hydrogen) atoms. The zero-order valence-electron chi connectivity index (χ0n) is 12.5. The summed E-state index contributed by atoms with van der Waals surface area (Å²) in [4.78, 5) is 18.2. The fraction of sp³-hybridized carbons (Fsp3) is 0.500. The lowest BCUT2D eigenvalue weighted by Gasteiger charge is -2.10. The van der Waals surface area contributed by atoms with Crippen molar-refractivity contribution in [3.8, 4) is 0 Å². The molecule has 1 aliphatic heterocycles. The summed E-state index contributed by atoms with van der Waals surface area (Å²) in [5, 5.41) is 0. The maximum Gasteiger partial charge on any atom is 0.315 e. The molecular weight excluding hydrogens is 268 g/mol. The van der Waals surface area contributed by atoms with Crippen LogP contribution in [0.4, 0.5) is 0 Å². The van der Waals surface area contributed by atoms with Gasteiger partial charge in [0.2, 0.25) is 5.89 Å². The lowest BCUT2D eigenvalue weighted by atomic mass is 10.0. The Labute approximate surface area is 123 Å². The fourth-order valence-electron chi connectivity index (χ4n) is 2.72. The standard InChI is InChI=1S/C16H20N2O3/c1-3-20-16(19)10-15-17-13-8-11-4-6-18(2)7-5-12(11)9-14(13)21-15/h8-9H,3-7,10H2,1-2H3. The highest BCUT2D eigenvalue weighted by molar-refractivity contribution is 5.77. The topological polar surface area (TPSA) is 55.6 Å². The van der Waals surface area contributed by atoms with Gasteiger partial charge < -0.3 is 14.1 Å². The van der Waals surface area contributed by atoms with Crippen molar-refractivity contribution in [2.45, 2.75) is 26.2 Å². The molecule has 5 heteroatoms. The molecule has 3 rings (SSSR count). The summed E-state index contributed by atoms with van der Waals surface area (Å²) in [6, 6.07) is 4.17. The van der Waals surface area contributed by atoms with Gasteiger partial charge in [0, 0.05) is 13.1 Å². The molecule has 0 saturated carbocycles. The molecule has 0 aliphatic carbocycles. The van der Waals surface area contributed by atoms with Gasteiger partial charge in [-0.15, -0.1) is 0 Å². The molecule has 0 bridgehead atoms. The highest BCUT2D eigenvalue weighted by Gasteiger charge is 2.16. The molecule has 0 saturated heterocycles. The Balaban J connectivity index is 1.87. The molecule has 0 spiro atoms. The number of oxazole rings is 1. The molecule has 0 unspecified atom stereocenters. The van der Waals surface area contributed by atoms with Crippen LogP contribution >= 0.6 is 0 Å². The second-order valence-corrected chi connectivity index (χ2v) is 5.48. The Hall–Kier alpha value is -1.88. The van der Waals surface area contributed by atoms with Gasteiger partial charge in [0.25, 0.3) is 0 Å². The number of ether oxygens (including phenoxy) is 1. The van der Waals surface area contributed by atoms with E-state index in [1.165, 1.54) is 11.1 Å². The Bertz CT molecular complexity index is 618. The minimum atomic E-state index is -0.299. The third kappa shape index (κ3) is 3.08. The average Bonchev–Trinajstić information content (AvgIpc) is 2.73. The molecule has 0 radical (unpaired) electrons. The first-order chi connectivity index (χ1) is 10.2. The molecule has 2 aromatic rings. The number of benzene rings is 1. The van der Waals surface area contributed by atoms with Crippen molar-refractivity contribution in [3.63, 3.8) is 0 Å². The van der Waals surface area contributed by atoms with E-state index < -0.39 is 0 Å². The summed E-state index contributed by atoms with van der Waals surface area (Å²) in [7, 11) is 2.14. The summed E-state index contributed by atoms with van der Waals surface area (Å²) in [5.74, 6) is 0.132. The third-order valence-electron chi connectivity index (χ3n) is 3.88. The molecule has 0 fully saturated rings. The van der Waals surface area contributed by atoms with Crippen molar-refractivity contribution in [2.75, 3.05) is 26.7 Å². The number of carbonyl (C=O) groups is 1. The number of esters is 1. The number of hydrogen-bond donors (Lipinski definition) is 0. The van der Waals surface area contributed by atoms with Gasteiger partial charge >= 0.3 is 5.97 Å². The Morgan fingerprint density at radius 3 is 2.76 bits per heavy atom. The normalized spacial score (nSPS) is 15.7. The first-order valence-electron chi connectivity index (χ1n) is 7.41. The van der Waals surface area contributed by atoms with E-state index in [-0.39, 0.29) is 12.4 Å². The predicted octanol–water partition coefficient (Wildman–Crippen LogP) is 1.96. The molecule has 0 amide bonds. The van der Waals surface area contributed by atoms with Crippen molar-refractivity contribution in [1.82, 2.24) is 9.88 Å². The average molecular weight is 288 g/mol. The predicted molar refractivity (Wildman–Crippen MR) is 79.3 cm³/mol. The number of hydrogen-bond acceptors (Lipinski definition) is 5. The molecule has 0 atom stereocenters. The highest BCUT2D eigenvalue weighted by Crippen LogP contribution is 2.24. The second kappa shape index (κ2) is 5.85. The van der Waals surface area contributed by atoms with E-state index in [0.29, 0.717) is 12.5 Å². The largest absolute Gasteiger partial charge is 0.466 e. The Morgan fingerprint density at radius 1 is 1.33 bits per heavy atom. The van der Waals surface area contributed by atoms with Gasteiger partial charge in [-0.05, 0) is 50.1 Å². The van der Waals surface area contributed by atoms with Crippen LogP contribution in [0.25, 0.3) is 11.1 Å². The quantitative estimate of drug-likeness (QED) is 0.808. The SMILES string of the molecule is CCOC(=O)Cc1nc2cc3c(cc2o1)CCN(C)CC3. The van der Waals surface area contributed by atoms with Crippen molar-refractivity contribution in [2.24, 2.45) is 0 Å². The van der Waals surface area contributed by atoms with Crippen LogP contribution in [0.1, 0.15) is 23.9 Å². The molecule has 1 aromatic heterocycles. The van der Waals surface area contributed by atoms with Crippen LogP contribution in [0.5, 0.6) is 0 Å². The number of rotatable bonds is 3. The molecule has 112 valence electrons. The van der Waals surface area contributed by atoms with E-state index in [9.17, 15) is 4.79 Å². The van der Waals surface area contributed by atoms with Gasteiger partial charge in [-0.2, -0.15) is 0 Å². The van der Waals surface area contributed by atoms with E-state index in [4.69, 9.17) is 9.15 Å². The maximum atomic E-state index is 11.5. The van der Waals surface area contributed by atoms with Gasteiger partial charge in [-0.3, -0.25) is 4.79 Å². The monoisotopic (exact) mass is 288 g/mol. The maximum absolute atomic E-state index is 11.5. The lowest BCUT2D eigenvalue weighted by molar-refractivity contribution is -0.142. The van der Waals surface area contributed by atoms with Gasteiger partial charge in [0.1, 0.15) is 11.9 Å². The Morgan fingerprint density at radius 2 is 2.05 bits per heavy atom. The van der Waals surface area contributed by atoms with E-state index in [1.807, 2.05) is 0 Å². The number of fused-ring (bicyclic) bond motifs is 2. The van der Waals surface area contributed by atoms with Crippen LogP contribution in [0.3, 0.4) is 0 Å². The highest BCUT2D eigenvalue weighted by atomic mass is 16.5. The third-order valence-corrected chi connectivity index (χ3v) is 3.88. The molecule has 0 N–H and O–H groups in total. The van der Waals surface area contributed by atoms with E-state index in [1.54, 1.807) is 6.92 Å². The number of nitrogens with zero attached hydrogens (tertiary/aromatic N) is 2. The molecular formula is C16H20N2O3. The lowest BCUT2D eigenvalue weighted by Crippen LogP contribution is -2.20. The fourth-order valence-corrected chi connectivity index (χ4v) is 2.72. The van der Waals surface area contributed by atoms with Gasteiger partial charge in [-0.25, -0.2) is 4.98 Å². The first-order valence-corrected chi connectivity index (χ1v) is 7.41. The van der Waals surface area contributed by atoms with Gasteiger partial charge in [0.05, 0.1) is 6.61 Å². The molecule has 5 nitrogen and oxygen atoms in total. The van der Waals surface area contributed by atoms with Gasteiger partial charge in [-0.1, -0.05) is 0 Å². The van der Waals surface area contributed by atoms with Crippen LogP contribution in [0.15, 0.2) is 16.5 Å². The number of carbonyl (C=O) groups excluding carboxylic acids is 1. The molecule has 1 aliphatic rings. The van der Waals surface area contributed by atoms with Crippen LogP contribution in [0.2, 0.25) is 0 Å². The van der Waals surface area contributed by atoms with Crippen molar-refractivity contribution < 1.29 is 13.9 Å². The minimum Gasteiger partial charge on any atom is -0.466 e. The minimum absolute atomic E-state index is 0.0932. The zero-order chi connectivity index (χ0) is 14.8.